The Labute approximate surface area is 207 Å². The highest BCUT2D eigenvalue weighted by molar-refractivity contribution is 7.99. The Morgan fingerprint density at radius 3 is 1.64 bits per heavy atom. The van der Waals surface area contributed by atoms with Gasteiger partial charge in [0.1, 0.15) is 6.23 Å². The van der Waals surface area contributed by atoms with E-state index < -0.39 is 6.23 Å². The van der Waals surface area contributed by atoms with Gasteiger partial charge in [-0.25, -0.2) is 0 Å². The Balaban J connectivity index is 4.74. The molecule has 1 N–H and O–H groups in total. The van der Waals surface area contributed by atoms with Crippen molar-refractivity contribution in [3.63, 3.8) is 0 Å². The highest BCUT2D eigenvalue weighted by atomic mass is 32.2. The fourth-order valence-corrected chi connectivity index (χ4v) is 4.68. The molecular weight excluding hydrogens is 438 g/mol. The highest BCUT2D eigenvalue weighted by Crippen LogP contribution is 2.23. The molecule has 0 radical (unpaired) electrons. The lowest BCUT2D eigenvalue weighted by atomic mass is 10.0. The maximum atomic E-state index is 12.5. The van der Waals surface area contributed by atoms with Crippen LogP contribution in [0.1, 0.15) is 98.3 Å². The van der Waals surface area contributed by atoms with Crippen LogP contribution < -0.4 is 0 Å². The van der Waals surface area contributed by atoms with Gasteiger partial charge in [-0.3, -0.25) is 14.5 Å². The second-order valence-electron chi connectivity index (χ2n) is 9.33. The maximum absolute atomic E-state index is 12.5. The Bertz CT molecular complexity index is 469. The van der Waals surface area contributed by atoms with Crippen LogP contribution in [0.25, 0.3) is 0 Å². The lowest BCUT2D eigenvalue weighted by molar-refractivity contribution is -0.146. The molecule has 0 heterocycles. The Morgan fingerprint density at radius 2 is 1.27 bits per heavy atom. The van der Waals surface area contributed by atoms with Gasteiger partial charge in [0.05, 0.1) is 26.1 Å². The first-order valence-corrected chi connectivity index (χ1v) is 14.1. The van der Waals surface area contributed by atoms with Crippen LogP contribution >= 0.6 is 11.8 Å². The average Bonchev–Trinajstić information content (AvgIpc) is 2.79. The summed E-state index contributed by atoms with van der Waals surface area (Å²) in [5.74, 6) is 0.950. The highest BCUT2D eigenvalue weighted by Gasteiger charge is 2.22. The summed E-state index contributed by atoms with van der Waals surface area (Å²) in [5, 5.41) is 9.82. The van der Waals surface area contributed by atoms with Crippen LogP contribution in [-0.4, -0.2) is 66.5 Å². The molecule has 0 amide bonds. The Kier molecular flexibility index (Phi) is 20.1. The van der Waals surface area contributed by atoms with Gasteiger partial charge in [-0.15, -0.1) is 0 Å². The molecule has 0 fully saturated rings. The molecular formula is C26H51NO5S. The molecule has 0 aromatic carbocycles. The van der Waals surface area contributed by atoms with Crippen LogP contribution in [0.2, 0.25) is 0 Å². The predicted molar refractivity (Wildman–Crippen MR) is 138 cm³/mol. The van der Waals surface area contributed by atoms with Gasteiger partial charge in [-0.2, -0.15) is 11.8 Å². The molecule has 7 heteroatoms. The summed E-state index contributed by atoms with van der Waals surface area (Å²) in [5.41, 5.74) is 0. The van der Waals surface area contributed by atoms with Crippen molar-refractivity contribution in [1.29, 1.82) is 0 Å². The minimum absolute atomic E-state index is 0.190. The molecule has 0 aliphatic heterocycles. The van der Waals surface area contributed by atoms with Gasteiger partial charge >= 0.3 is 11.9 Å². The molecule has 3 unspecified atom stereocenters. The fraction of sp³-hybridized carbons (Fsp3) is 0.923. The number of carbonyl (C=O) groups is 2. The smallest absolute Gasteiger partial charge is 0.306 e. The third-order valence-electron chi connectivity index (χ3n) is 6.16. The van der Waals surface area contributed by atoms with E-state index in [1.54, 1.807) is 16.7 Å². The summed E-state index contributed by atoms with van der Waals surface area (Å²) in [4.78, 5) is 26.8. The van der Waals surface area contributed by atoms with E-state index in [-0.39, 0.29) is 30.0 Å². The van der Waals surface area contributed by atoms with Crippen molar-refractivity contribution in [3.8, 4) is 0 Å². The van der Waals surface area contributed by atoms with Crippen LogP contribution in [0.5, 0.6) is 0 Å². The van der Waals surface area contributed by atoms with E-state index in [2.05, 4.69) is 27.7 Å². The molecule has 0 saturated heterocycles. The van der Waals surface area contributed by atoms with E-state index in [4.69, 9.17) is 9.47 Å². The van der Waals surface area contributed by atoms with Crippen molar-refractivity contribution in [1.82, 2.24) is 4.90 Å². The van der Waals surface area contributed by atoms with Crippen LogP contribution in [0.3, 0.4) is 0 Å². The van der Waals surface area contributed by atoms with E-state index in [1.807, 2.05) is 14.1 Å². The summed E-state index contributed by atoms with van der Waals surface area (Å²) in [7, 11) is 3.65. The molecule has 0 rings (SSSR count). The van der Waals surface area contributed by atoms with Crippen LogP contribution in [0, 0.1) is 11.8 Å². The van der Waals surface area contributed by atoms with Gasteiger partial charge in [0.2, 0.25) is 0 Å². The third-order valence-corrected chi connectivity index (χ3v) is 7.44. The summed E-state index contributed by atoms with van der Waals surface area (Å²) in [6, 6.07) is 0. The molecule has 6 nitrogen and oxygen atoms in total. The number of rotatable bonds is 21. The molecule has 0 aliphatic carbocycles. The van der Waals surface area contributed by atoms with Crippen molar-refractivity contribution in [2.45, 2.75) is 110 Å². The van der Waals surface area contributed by atoms with Crippen LogP contribution in [-0.2, 0) is 19.1 Å². The van der Waals surface area contributed by atoms with E-state index in [0.29, 0.717) is 37.2 Å². The van der Waals surface area contributed by atoms with Crippen molar-refractivity contribution in [2.75, 3.05) is 33.1 Å². The fourth-order valence-electron chi connectivity index (χ4n) is 3.50. The first kappa shape index (κ1) is 32.2. The van der Waals surface area contributed by atoms with Gasteiger partial charge < -0.3 is 14.6 Å². The molecule has 196 valence electrons. The monoisotopic (exact) mass is 489 g/mol. The summed E-state index contributed by atoms with van der Waals surface area (Å²) in [6.45, 7) is 9.49. The lowest BCUT2D eigenvalue weighted by Gasteiger charge is -2.21. The van der Waals surface area contributed by atoms with Crippen LogP contribution in [0.4, 0.5) is 0 Å². The number of carbonyl (C=O) groups excluding carboxylic acids is 2. The van der Waals surface area contributed by atoms with Crippen molar-refractivity contribution >= 4 is 23.7 Å². The second kappa shape index (κ2) is 20.6. The molecule has 0 aromatic rings. The summed E-state index contributed by atoms with van der Waals surface area (Å²) >= 11 is 1.54. The van der Waals surface area contributed by atoms with E-state index in [9.17, 15) is 14.7 Å². The van der Waals surface area contributed by atoms with E-state index in [0.717, 1.165) is 51.4 Å². The molecule has 33 heavy (non-hydrogen) atoms. The molecule has 0 bridgehead atoms. The zero-order valence-electron chi connectivity index (χ0n) is 22.1. The van der Waals surface area contributed by atoms with E-state index in [1.165, 1.54) is 0 Å². The predicted octanol–water partition coefficient (Wildman–Crippen LogP) is 5.66. The molecule has 0 spiro atoms. The molecule has 0 aliphatic rings. The number of hydrogen-bond donors (Lipinski definition) is 1. The van der Waals surface area contributed by atoms with Gasteiger partial charge in [-0.1, -0.05) is 66.2 Å². The first-order valence-electron chi connectivity index (χ1n) is 13.0. The van der Waals surface area contributed by atoms with Gasteiger partial charge in [0.25, 0.3) is 0 Å². The third kappa shape index (κ3) is 17.3. The van der Waals surface area contributed by atoms with Gasteiger partial charge in [0.15, 0.2) is 0 Å². The normalized spacial score (nSPS) is 15.2. The largest absolute Gasteiger partial charge is 0.465 e. The zero-order valence-corrected chi connectivity index (χ0v) is 23.0. The van der Waals surface area contributed by atoms with Crippen LogP contribution in [0.15, 0.2) is 0 Å². The Morgan fingerprint density at radius 1 is 0.818 bits per heavy atom. The van der Waals surface area contributed by atoms with Gasteiger partial charge in [-0.05, 0) is 50.9 Å². The standard InChI is InChI=1S/C26H51NO5S/c1-7-11-13-21(9-3)19-31-25(29)17-23(33-16-15-24(28)27(5)6)18-26(30)32-20-22(10-4)14-12-8-2/h21-24,28H,7-20H2,1-6H3. The number of aliphatic hydroxyl groups is 1. The number of hydrogen-bond acceptors (Lipinski definition) is 7. The molecule has 3 atom stereocenters. The summed E-state index contributed by atoms with van der Waals surface area (Å²) < 4.78 is 11.1. The topological polar surface area (TPSA) is 76.1 Å². The minimum atomic E-state index is -0.537. The maximum Gasteiger partial charge on any atom is 0.306 e. The van der Waals surface area contributed by atoms with Crippen molar-refractivity contribution in [2.24, 2.45) is 11.8 Å². The molecule has 0 aromatic heterocycles. The number of aliphatic hydroxyl groups excluding tert-OH is 1. The van der Waals surface area contributed by atoms with Gasteiger partial charge in [0, 0.05) is 5.25 Å². The minimum Gasteiger partial charge on any atom is -0.465 e. The van der Waals surface area contributed by atoms with Crippen molar-refractivity contribution < 1.29 is 24.2 Å². The molecule has 0 saturated carbocycles. The number of unbranched alkanes of at least 4 members (excludes halogenated alkanes) is 2. The lowest BCUT2D eigenvalue weighted by Crippen LogP contribution is -2.28. The van der Waals surface area contributed by atoms with Crippen molar-refractivity contribution in [3.05, 3.63) is 0 Å². The number of thioether (sulfide) groups is 1. The number of ether oxygens (including phenoxy) is 2. The quantitative estimate of drug-likeness (QED) is 0.165. The zero-order chi connectivity index (χ0) is 25.1. The second-order valence-corrected chi connectivity index (χ2v) is 10.7. The summed E-state index contributed by atoms with van der Waals surface area (Å²) in [6.07, 6.45) is 9.12. The first-order chi connectivity index (χ1) is 15.8. The average molecular weight is 490 g/mol. The number of nitrogens with zero attached hydrogens (tertiary/aromatic N) is 1. The number of esters is 2. The van der Waals surface area contributed by atoms with E-state index >= 15 is 0 Å². The Hall–Kier alpha value is -0.790. The SMILES string of the molecule is CCCCC(CC)COC(=O)CC(CC(=O)OCC(CC)CCCC)SCCC(O)N(C)C.